The van der Waals surface area contributed by atoms with Crippen molar-refractivity contribution in [2.75, 3.05) is 0 Å². The number of nitrogens with zero attached hydrogens (tertiary/aromatic N) is 2. The lowest BCUT2D eigenvalue weighted by molar-refractivity contribution is 0.0949. The summed E-state index contributed by atoms with van der Waals surface area (Å²) < 4.78 is 0. The molecule has 0 radical (unpaired) electrons. The molecule has 2 aromatic heterocycles. The average Bonchev–Trinajstić information content (AvgIpc) is 3.23. The number of rotatable bonds is 5. The number of hydrogen-bond donors (Lipinski definition) is 2. The minimum atomic E-state index is -0.0912. The van der Waals surface area contributed by atoms with Gasteiger partial charge < -0.3 is 5.32 Å². The lowest BCUT2D eigenvalue weighted by Crippen LogP contribution is -2.24. The Balaban J connectivity index is 1.66. The maximum absolute atomic E-state index is 12.3. The molecular formula is C16H16N4OS. The molecule has 0 atom stereocenters. The molecule has 1 aromatic carbocycles. The van der Waals surface area contributed by atoms with E-state index >= 15 is 0 Å². The highest BCUT2D eigenvalue weighted by Crippen LogP contribution is 2.20. The van der Waals surface area contributed by atoms with Crippen LogP contribution in [0.1, 0.15) is 28.7 Å². The number of thiophene rings is 1. The number of benzene rings is 1. The van der Waals surface area contributed by atoms with Crippen LogP contribution < -0.4 is 5.32 Å². The Morgan fingerprint density at radius 1 is 1.27 bits per heavy atom. The first-order valence-electron chi connectivity index (χ1n) is 7.09. The second kappa shape index (κ2) is 6.53. The van der Waals surface area contributed by atoms with Gasteiger partial charge in [0.1, 0.15) is 5.82 Å². The van der Waals surface area contributed by atoms with Gasteiger partial charge in [-0.1, -0.05) is 31.2 Å². The predicted octanol–water partition coefficient (Wildman–Crippen LogP) is 3.03. The summed E-state index contributed by atoms with van der Waals surface area (Å²) in [6, 6.07) is 11.5. The van der Waals surface area contributed by atoms with Crippen LogP contribution >= 0.6 is 11.3 Å². The fourth-order valence-electron chi connectivity index (χ4n) is 2.20. The summed E-state index contributed by atoms with van der Waals surface area (Å²) in [5, 5.41) is 11.9. The van der Waals surface area contributed by atoms with Crippen molar-refractivity contribution in [2.45, 2.75) is 19.9 Å². The minimum Gasteiger partial charge on any atom is -0.345 e. The third-order valence-corrected chi connectivity index (χ3v) is 4.20. The van der Waals surface area contributed by atoms with E-state index in [0.717, 1.165) is 16.9 Å². The maximum atomic E-state index is 12.3. The van der Waals surface area contributed by atoms with Crippen molar-refractivity contribution in [3.8, 4) is 10.7 Å². The fraction of sp³-hybridized carbons (Fsp3) is 0.188. The van der Waals surface area contributed by atoms with E-state index in [4.69, 9.17) is 0 Å². The first kappa shape index (κ1) is 14.5. The second-order valence-corrected chi connectivity index (χ2v) is 5.72. The van der Waals surface area contributed by atoms with Crippen LogP contribution in [0.15, 0.2) is 41.8 Å². The molecule has 3 aromatic rings. The zero-order valence-electron chi connectivity index (χ0n) is 12.2. The number of hydrogen-bond acceptors (Lipinski definition) is 4. The van der Waals surface area contributed by atoms with E-state index in [-0.39, 0.29) is 5.91 Å². The van der Waals surface area contributed by atoms with Crippen molar-refractivity contribution in [3.63, 3.8) is 0 Å². The molecule has 1 amide bonds. The minimum absolute atomic E-state index is 0.0912. The zero-order valence-corrected chi connectivity index (χ0v) is 13.0. The van der Waals surface area contributed by atoms with Gasteiger partial charge in [0.2, 0.25) is 0 Å². The van der Waals surface area contributed by atoms with E-state index in [1.54, 1.807) is 11.3 Å². The van der Waals surface area contributed by atoms with Crippen LogP contribution in [0, 0.1) is 0 Å². The molecule has 0 aliphatic carbocycles. The topological polar surface area (TPSA) is 70.7 Å². The molecule has 0 aliphatic heterocycles. The summed E-state index contributed by atoms with van der Waals surface area (Å²) in [5.74, 6) is 1.21. The van der Waals surface area contributed by atoms with Gasteiger partial charge in [-0.3, -0.25) is 9.89 Å². The molecule has 0 saturated carbocycles. The van der Waals surface area contributed by atoms with E-state index in [0.29, 0.717) is 23.8 Å². The number of aromatic nitrogens is 3. The molecule has 0 spiro atoms. The van der Waals surface area contributed by atoms with Crippen molar-refractivity contribution in [1.82, 2.24) is 20.5 Å². The number of carbonyl (C=O) groups is 1. The highest BCUT2D eigenvalue weighted by atomic mass is 32.1. The van der Waals surface area contributed by atoms with Gasteiger partial charge in [0.15, 0.2) is 5.82 Å². The van der Waals surface area contributed by atoms with Crippen molar-refractivity contribution < 1.29 is 4.79 Å². The summed E-state index contributed by atoms with van der Waals surface area (Å²) in [4.78, 5) is 17.7. The highest BCUT2D eigenvalue weighted by Gasteiger charge is 2.11. The standard InChI is InChI=1S/C16H16N4OS/c1-2-11-6-3-4-7-12(11)16(21)17-10-14-18-15(20-19-14)13-8-5-9-22-13/h3-9H,2,10H2,1H3,(H,17,21)(H,18,19,20). The first-order chi connectivity index (χ1) is 10.8. The predicted molar refractivity (Wildman–Crippen MR) is 86.7 cm³/mol. The second-order valence-electron chi connectivity index (χ2n) is 4.78. The van der Waals surface area contributed by atoms with Gasteiger partial charge in [-0.05, 0) is 29.5 Å². The molecule has 6 heteroatoms. The highest BCUT2D eigenvalue weighted by molar-refractivity contribution is 7.13. The molecule has 0 fully saturated rings. The Bertz CT molecular complexity index is 764. The Hall–Kier alpha value is -2.47. The van der Waals surface area contributed by atoms with Gasteiger partial charge >= 0.3 is 0 Å². The van der Waals surface area contributed by atoms with Crippen molar-refractivity contribution in [3.05, 3.63) is 58.7 Å². The zero-order chi connectivity index (χ0) is 15.4. The molecule has 5 nitrogen and oxygen atoms in total. The Morgan fingerprint density at radius 2 is 2.14 bits per heavy atom. The van der Waals surface area contributed by atoms with E-state index in [9.17, 15) is 4.79 Å². The number of aryl methyl sites for hydroxylation is 1. The number of H-pyrrole nitrogens is 1. The number of aromatic amines is 1. The summed E-state index contributed by atoms with van der Waals surface area (Å²) >= 11 is 1.58. The maximum Gasteiger partial charge on any atom is 0.251 e. The largest absolute Gasteiger partial charge is 0.345 e. The van der Waals surface area contributed by atoms with Crippen LogP contribution in [0.25, 0.3) is 10.7 Å². The van der Waals surface area contributed by atoms with Gasteiger partial charge in [0.05, 0.1) is 11.4 Å². The molecule has 2 heterocycles. The van der Waals surface area contributed by atoms with Crippen LogP contribution in [-0.4, -0.2) is 21.1 Å². The van der Waals surface area contributed by atoms with Gasteiger partial charge in [-0.15, -0.1) is 11.3 Å². The van der Waals surface area contributed by atoms with Crippen LogP contribution in [0.5, 0.6) is 0 Å². The molecule has 0 saturated heterocycles. The van der Waals surface area contributed by atoms with E-state index in [1.165, 1.54) is 0 Å². The fourth-order valence-corrected chi connectivity index (χ4v) is 2.86. The summed E-state index contributed by atoms with van der Waals surface area (Å²) in [7, 11) is 0. The molecule has 3 rings (SSSR count). The summed E-state index contributed by atoms with van der Waals surface area (Å²) in [6.07, 6.45) is 0.828. The lowest BCUT2D eigenvalue weighted by atomic mass is 10.0. The van der Waals surface area contributed by atoms with E-state index < -0.39 is 0 Å². The normalized spacial score (nSPS) is 10.6. The molecule has 22 heavy (non-hydrogen) atoms. The Labute approximate surface area is 132 Å². The smallest absolute Gasteiger partial charge is 0.251 e. The van der Waals surface area contributed by atoms with Gasteiger partial charge in [0, 0.05) is 5.56 Å². The summed E-state index contributed by atoms with van der Waals surface area (Å²) in [6.45, 7) is 2.37. The third-order valence-electron chi connectivity index (χ3n) is 3.33. The van der Waals surface area contributed by atoms with Crippen LogP contribution in [0.3, 0.4) is 0 Å². The number of amides is 1. The van der Waals surface area contributed by atoms with Crippen molar-refractivity contribution in [1.29, 1.82) is 0 Å². The third kappa shape index (κ3) is 3.07. The van der Waals surface area contributed by atoms with E-state index in [1.807, 2.05) is 48.7 Å². The molecule has 2 N–H and O–H groups in total. The molecule has 0 unspecified atom stereocenters. The van der Waals surface area contributed by atoms with Gasteiger partial charge in [0.25, 0.3) is 5.91 Å². The van der Waals surface area contributed by atoms with Crippen LogP contribution in [0.4, 0.5) is 0 Å². The SMILES string of the molecule is CCc1ccccc1C(=O)NCc1nc(-c2cccs2)n[nH]1. The lowest BCUT2D eigenvalue weighted by Gasteiger charge is -2.07. The van der Waals surface area contributed by atoms with E-state index in [2.05, 4.69) is 20.5 Å². The molecule has 112 valence electrons. The van der Waals surface area contributed by atoms with Crippen LogP contribution in [-0.2, 0) is 13.0 Å². The summed E-state index contributed by atoms with van der Waals surface area (Å²) in [5.41, 5.74) is 1.75. The quantitative estimate of drug-likeness (QED) is 0.761. The molecule has 0 bridgehead atoms. The molecular weight excluding hydrogens is 296 g/mol. The Kier molecular flexibility index (Phi) is 4.29. The Morgan fingerprint density at radius 3 is 2.91 bits per heavy atom. The number of nitrogens with one attached hydrogen (secondary N) is 2. The number of carbonyl (C=O) groups excluding carboxylic acids is 1. The average molecular weight is 312 g/mol. The monoisotopic (exact) mass is 312 g/mol. The van der Waals surface area contributed by atoms with Crippen molar-refractivity contribution >= 4 is 17.2 Å². The van der Waals surface area contributed by atoms with Gasteiger partial charge in [-0.25, -0.2) is 4.98 Å². The van der Waals surface area contributed by atoms with Crippen LogP contribution in [0.2, 0.25) is 0 Å². The first-order valence-corrected chi connectivity index (χ1v) is 7.97. The molecule has 0 aliphatic rings. The van der Waals surface area contributed by atoms with Gasteiger partial charge in [-0.2, -0.15) is 5.10 Å². The van der Waals surface area contributed by atoms with Crippen molar-refractivity contribution in [2.24, 2.45) is 0 Å².